The van der Waals surface area contributed by atoms with E-state index in [9.17, 15) is 9.59 Å². The Morgan fingerprint density at radius 2 is 2.27 bits per heavy atom. The Balaban J connectivity index is 3.50. The minimum Gasteiger partial charge on any atom is -0.298 e. The summed E-state index contributed by atoms with van der Waals surface area (Å²) in [5, 5.41) is 9.01. The van der Waals surface area contributed by atoms with Crippen molar-refractivity contribution in [1.29, 1.82) is 5.26 Å². The third kappa shape index (κ3) is 2.44. The minimum absolute atomic E-state index is 0.138. The van der Waals surface area contributed by atoms with Gasteiger partial charge in [-0.15, -0.1) is 0 Å². The van der Waals surface area contributed by atoms with Crippen molar-refractivity contribution in [3.63, 3.8) is 0 Å². The summed E-state index contributed by atoms with van der Waals surface area (Å²) in [6, 6.07) is 5.15. The van der Waals surface area contributed by atoms with E-state index in [0.717, 1.165) is 0 Å². The predicted octanol–water partition coefficient (Wildman–Crippen LogP) is 2.55. The van der Waals surface area contributed by atoms with Gasteiger partial charge in [0.15, 0.2) is 12.1 Å². The lowest BCUT2D eigenvalue weighted by molar-refractivity contribution is 0.101. The van der Waals surface area contributed by atoms with Crippen LogP contribution in [0.1, 0.15) is 26.3 Å². The van der Waals surface area contributed by atoms with Gasteiger partial charge >= 0.3 is 0 Å². The topological polar surface area (TPSA) is 57.9 Å². The van der Waals surface area contributed by atoms with Gasteiger partial charge in [0.05, 0.1) is 10.9 Å². The van der Waals surface area contributed by atoms with E-state index >= 15 is 0 Å². The number of alkyl halides is 1. The maximum absolute atomic E-state index is 11.5. The molecule has 0 bridgehead atoms. The Hall–Kier alpha value is -0.740. The van der Waals surface area contributed by atoms with Crippen LogP contribution in [0.2, 0.25) is 0 Å². The highest BCUT2D eigenvalue weighted by atomic mass is 127. The Labute approximate surface area is 109 Å². The Morgan fingerprint density at radius 3 is 2.73 bits per heavy atom. The molecule has 1 aromatic rings. The molecule has 0 aromatic heterocycles. The lowest BCUT2D eigenvalue weighted by Crippen LogP contribution is -2.07. The Morgan fingerprint density at radius 1 is 1.60 bits per heavy atom. The lowest BCUT2D eigenvalue weighted by atomic mass is 10.0. The van der Waals surface area contributed by atoms with Crippen LogP contribution < -0.4 is 0 Å². The average Bonchev–Trinajstić information content (AvgIpc) is 2.27. The van der Waals surface area contributed by atoms with Crippen LogP contribution in [-0.4, -0.2) is 17.4 Å². The zero-order chi connectivity index (χ0) is 11.4. The summed E-state index contributed by atoms with van der Waals surface area (Å²) >= 11 is 4.99. The van der Waals surface area contributed by atoms with Crippen molar-refractivity contribution in [2.45, 2.75) is 0 Å². The van der Waals surface area contributed by atoms with Crippen LogP contribution in [0.15, 0.2) is 12.1 Å². The van der Waals surface area contributed by atoms with Crippen molar-refractivity contribution >= 4 is 50.6 Å². The van der Waals surface area contributed by atoms with Gasteiger partial charge in [-0.05, 0) is 34.7 Å². The monoisotopic (exact) mass is 377 g/mol. The van der Waals surface area contributed by atoms with E-state index in [-0.39, 0.29) is 22.2 Å². The molecule has 0 aliphatic carbocycles. The normalized spacial score (nSPS) is 9.40. The predicted molar refractivity (Wildman–Crippen MR) is 67.4 cm³/mol. The lowest BCUT2D eigenvalue weighted by Gasteiger charge is -2.04. The van der Waals surface area contributed by atoms with E-state index in [1.165, 1.54) is 0 Å². The quantitative estimate of drug-likeness (QED) is 0.352. The zero-order valence-corrected chi connectivity index (χ0v) is 11.2. The number of carbonyl (C=O) groups is 2. The number of ketones is 1. The molecule has 76 valence electrons. The largest absolute Gasteiger partial charge is 0.298 e. The van der Waals surface area contributed by atoms with Crippen LogP contribution in [-0.2, 0) is 0 Å². The van der Waals surface area contributed by atoms with Gasteiger partial charge < -0.3 is 0 Å². The number of hydrogen-bond acceptors (Lipinski definition) is 3. The SMILES string of the molecule is N#Cc1c(I)ccc(C(=O)CBr)c1C=O. The van der Waals surface area contributed by atoms with E-state index in [1.54, 1.807) is 12.1 Å². The summed E-state index contributed by atoms with van der Waals surface area (Å²) in [7, 11) is 0. The average molecular weight is 378 g/mol. The first-order valence-corrected chi connectivity index (χ1v) is 6.12. The van der Waals surface area contributed by atoms with Crippen molar-refractivity contribution in [2.24, 2.45) is 0 Å². The molecule has 0 radical (unpaired) electrons. The maximum Gasteiger partial charge on any atom is 0.174 e. The molecule has 0 unspecified atom stereocenters. The minimum atomic E-state index is -0.204. The maximum atomic E-state index is 11.5. The Bertz CT molecular complexity index is 465. The summed E-state index contributed by atoms with van der Waals surface area (Å²) in [4.78, 5) is 22.3. The van der Waals surface area contributed by atoms with Gasteiger partial charge in [0, 0.05) is 14.7 Å². The van der Waals surface area contributed by atoms with Gasteiger partial charge in [0.25, 0.3) is 0 Å². The molecule has 0 aliphatic heterocycles. The summed E-state index contributed by atoms with van der Waals surface area (Å²) in [5.74, 6) is -0.204. The molecule has 0 fully saturated rings. The first kappa shape index (κ1) is 12.3. The molecule has 3 nitrogen and oxygen atoms in total. The van der Waals surface area contributed by atoms with Crippen LogP contribution in [0.25, 0.3) is 0 Å². The highest BCUT2D eigenvalue weighted by Crippen LogP contribution is 2.19. The van der Waals surface area contributed by atoms with Crippen LogP contribution in [0, 0.1) is 14.9 Å². The van der Waals surface area contributed by atoms with Crippen LogP contribution in [0.5, 0.6) is 0 Å². The molecule has 15 heavy (non-hydrogen) atoms. The van der Waals surface area contributed by atoms with E-state index < -0.39 is 0 Å². The fraction of sp³-hybridized carbons (Fsp3) is 0.100. The molecular weight excluding hydrogens is 373 g/mol. The number of nitriles is 1. The molecular formula is C10H5BrINO2. The highest BCUT2D eigenvalue weighted by Gasteiger charge is 2.15. The van der Waals surface area contributed by atoms with Crippen molar-refractivity contribution < 1.29 is 9.59 Å². The number of Topliss-reactive ketones (excluding diaryl/α,β-unsaturated/α-hetero) is 1. The first-order chi connectivity index (χ1) is 7.15. The van der Waals surface area contributed by atoms with Gasteiger partial charge in [-0.3, -0.25) is 9.59 Å². The molecule has 1 rings (SSSR count). The molecule has 0 saturated heterocycles. The molecule has 0 saturated carbocycles. The molecule has 5 heteroatoms. The van der Waals surface area contributed by atoms with Crippen LogP contribution in [0.3, 0.4) is 0 Å². The summed E-state index contributed by atoms with van der Waals surface area (Å²) in [6.07, 6.45) is 0.552. The smallest absolute Gasteiger partial charge is 0.174 e. The number of aldehydes is 1. The van der Waals surface area contributed by atoms with Gasteiger partial charge in [-0.1, -0.05) is 15.9 Å². The van der Waals surface area contributed by atoms with Crippen LogP contribution >= 0.6 is 38.5 Å². The number of carbonyl (C=O) groups excluding carboxylic acids is 2. The van der Waals surface area contributed by atoms with Crippen molar-refractivity contribution in [1.82, 2.24) is 0 Å². The van der Waals surface area contributed by atoms with E-state index in [4.69, 9.17) is 5.26 Å². The molecule has 0 atom stereocenters. The third-order valence-electron chi connectivity index (χ3n) is 1.85. The van der Waals surface area contributed by atoms with Crippen molar-refractivity contribution in [3.8, 4) is 6.07 Å². The number of hydrogen-bond donors (Lipinski definition) is 0. The second-order valence-electron chi connectivity index (χ2n) is 2.67. The van der Waals surface area contributed by atoms with Gasteiger partial charge in [-0.25, -0.2) is 0 Å². The summed E-state index contributed by atoms with van der Waals surface area (Å²) in [6.45, 7) is 0. The molecule has 0 amide bonds. The van der Waals surface area contributed by atoms with E-state index in [0.29, 0.717) is 15.4 Å². The molecule has 0 aliphatic rings. The third-order valence-corrected chi connectivity index (χ3v) is 3.25. The summed E-state index contributed by atoms with van der Waals surface area (Å²) < 4.78 is 0.670. The van der Waals surface area contributed by atoms with E-state index in [1.807, 2.05) is 28.7 Å². The number of benzene rings is 1. The van der Waals surface area contributed by atoms with Crippen molar-refractivity contribution in [2.75, 3.05) is 5.33 Å². The van der Waals surface area contributed by atoms with Gasteiger partial charge in [-0.2, -0.15) is 5.26 Å². The van der Waals surface area contributed by atoms with Gasteiger partial charge in [0.1, 0.15) is 6.07 Å². The second kappa shape index (κ2) is 5.37. The van der Waals surface area contributed by atoms with Crippen molar-refractivity contribution in [3.05, 3.63) is 32.4 Å². The van der Waals surface area contributed by atoms with Crippen LogP contribution in [0.4, 0.5) is 0 Å². The molecule has 1 aromatic carbocycles. The second-order valence-corrected chi connectivity index (χ2v) is 4.39. The number of rotatable bonds is 3. The number of nitrogens with zero attached hydrogens (tertiary/aromatic N) is 1. The number of halogens is 2. The molecule has 0 heterocycles. The van der Waals surface area contributed by atoms with Gasteiger partial charge in [0.2, 0.25) is 0 Å². The van der Waals surface area contributed by atoms with E-state index in [2.05, 4.69) is 15.9 Å². The fourth-order valence-electron chi connectivity index (χ4n) is 1.14. The fourth-order valence-corrected chi connectivity index (χ4v) is 2.04. The zero-order valence-electron chi connectivity index (χ0n) is 7.46. The molecule has 0 N–H and O–H groups in total. The standard InChI is InChI=1S/C10H5BrINO2/c11-3-10(15)6-1-2-9(12)7(4-13)8(6)5-14/h1-2,5H,3H2. The summed E-state index contributed by atoms with van der Waals surface area (Å²) in [5.41, 5.74) is 0.727. The Kier molecular flexibility index (Phi) is 4.42. The highest BCUT2D eigenvalue weighted by molar-refractivity contribution is 14.1. The molecule has 0 spiro atoms. The first-order valence-electron chi connectivity index (χ1n) is 3.92.